The molecule has 13 heavy (non-hydrogen) atoms. The van der Waals surface area contributed by atoms with E-state index in [1.807, 2.05) is 0 Å². The Bertz CT molecular complexity index is 371. The third kappa shape index (κ3) is 2.36. The fraction of sp³-hybridized carbons (Fsp3) is 0.429. The zero-order valence-corrected chi connectivity index (χ0v) is 7.10. The van der Waals surface area contributed by atoms with Gasteiger partial charge in [-0.05, 0) is 0 Å². The van der Waals surface area contributed by atoms with Crippen molar-refractivity contribution in [2.24, 2.45) is 7.05 Å². The van der Waals surface area contributed by atoms with Gasteiger partial charge >= 0.3 is 5.97 Å². The minimum atomic E-state index is -0.951. The van der Waals surface area contributed by atoms with E-state index in [2.05, 4.69) is 10.2 Å². The largest absolute Gasteiger partial charge is 0.481 e. The number of aryl methyl sites for hydroxylation is 2. The van der Waals surface area contributed by atoms with E-state index >= 15 is 0 Å². The molecule has 0 fully saturated rings. The molecule has 0 aliphatic carbocycles. The third-order valence-corrected chi connectivity index (χ3v) is 1.55. The molecule has 0 aliphatic heterocycles. The highest BCUT2D eigenvalue weighted by Crippen LogP contribution is 1.90. The van der Waals surface area contributed by atoms with Crippen LogP contribution in [-0.2, 0) is 18.3 Å². The maximum Gasteiger partial charge on any atom is 0.303 e. The van der Waals surface area contributed by atoms with Crippen LogP contribution >= 0.6 is 0 Å². The molecule has 0 spiro atoms. The molecule has 70 valence electrons. The van der Waals surface area contributed by atoms with Gasteiger partial charge in [-0.25, -0.2) is 0 Å². The highest BCUT2D eigenvalue weighted by Gasteiger charge is 2.05. The number of aromatic nitrogens is 3. The van der Waals surface area contributed by atoms with Crippen LogP contribution in [0, 0.1) is 0 Å². The van der Waals surface area contributed by atoms with Crippen molar-refractivity contribution in [1.29, 1.82) is 0 Å². The maximum atomic E-state index is 11.2. The Kier molecular flexibility index (Phi) is 2.73. The van der Waals surface area contributed by atoms with E-state index in [1.165, 1.54) is 10.9 Å². The normalized spacial score (nSPS) is 9.92. The fourth-order valence-electron chi connectivity index (χ4n) is 0.854. The van der Waals surface area contributed by atoms with E-state index in [0.29, 0.717) is 0 Å². The lowest BCUT2D eigenvalue weighted by Gasteiger charge is -1.98. The summed E-state index contributed by atoms with van der Waals surface area (Å²) in [6.45, 7) is 0. The van der Waals surface area contributed by atoms with Crippen molar-refractivity contribution in [2.45, 2.75) is 12.8 Å². The predicted molar refractivity (Wildman–Crippen MR) is 43.2 cm³/mol. The summed E-state index contributed by atoms with van der Waals surface area (Å²) in [5, 5.41) is 15.5. The SMILES string of the molecule is Cn1cnnc(CCC(=O)O)c1=O. The van der Waals surface area contributed by atoms with Crippen LogP contribution in [-0.4, -0.2) is 25.8 Å². The van der Waals surface area contributed by atoms with Crippen LogP contribution in [0.15, 0.2) is 11.1 Å². The van der Waals surface area contributed by atoms with Gasteiger partial charge in [0, 0.05) is 13.5 Å². The second-order valence-corrected chi connectivity index (χ2v) is 2.59. The Morgan fingerprint density at radius 3 is 3.00 bits per heavy atom. The number of carboxylic acids is 1. The third-order valence-electron chi connectivity index (χ3n) is 1.55. The first-order valence-corrected chi connectivity index (χ1v) is 3.70. The summed E-state index contributed by atoms with van der Waals surface area (Å²) in [5.41, 5.74) is -0.108. The molecule has 0 amide bonds. The number of hydrogen-bond acceptors (Lipinski definition) is 4. The molecular formula is C7H9N3O3. The van der Waals surface area contributed by atoms with E-state index in [-0.39, 0.29) is 24.1 Å². The number of nitrogens with zero attached hydrogens (tertiary/aromatic N) is 3. The smallest absolute Gasteiger partial charge is 0.303 e. The van der Waals surface area contributed by atoms with E-state index in [1.54, 1.807) is 7.05 Å². The standard InChI is InChI=1S/C7H9N3O3/c1-10-4-8-9-5(7(10)13)2-3-6(11)12/h4H,2-3H2,1H3,(H,11,12). The minimum Gasteiger partial charge on any atom is -0.481 e. The Morgan fingerprint density at radius 2 is 2.38 bits per heavy atom. The van der Waals surface area contributed by atoms with E-state index in [4.69, 9.17) is 5.11 Å². The topological polar surface area (TPSA) is 85.1 Å². The lowest BCUT2D eigenvalue weighted by molar-refractivity contribution is -0.136. The van der Waals surface area contributed by atoms with Crippen molar-refractivity contribution in [3.8, 4) is 0 Å². The lowest BCUT2D eigenvalue weighted by Crippen LogP contribution is -2.23. The quantitative estimate of drug-likeness (QED) is 0.662. The Labute approximate surface area is 73.8 Å². The molecule has 0 bridgehead atoms. The van der Waals surface area contributed by atoms with Gasteiger partial charge in [0.15, 0.2) is 0 Å². The van der Waals surface area contributed by atoms with Crippen LogP contribution < -0.4 is 5.56 Å². The van der Waals surface area contributed by atoms with Gasteiger partial charge in [0.1, 0.15) is 12.0 Å². The second kappa shape index (κ2) is 3.79. The number of hydrogen-bond donors (Lipinski definition) is 1. The van der Waals surface area contributed by atoms with Crippen molar-refractivity contribution < 1.29 is 9.90 Å². The number of rotatable bonds is 3. The van der Waals surface area contributed by atoms with Crippen LogP contribution in [0.2, 0.25) is 0 Å². The van der Waals surface area contributed by atoms with Gasteiger partial charge in [-0.1, -0.05) is 0 Å². The van der Waals surface area contributed by atoms with Crippen LogP contribution in [0.4, 0.5) is 0 Å². The van der Waals surface area contributed by atoms with Gasteiger partial charge in [-0.3, -0.25) is 14.2 Å². The molecule has 0 atom stereocenters. The summed E-state index contributed by atoms with van der Waals surface area (Å²) < 4.78 is 1.27. The number of aliphatic carboxylic acids is 1. The molecular weight excluding hydrogens is 174 g/mol. The van der Waals surface area contributed by atoms with Gasteiger partial charge in [0.05, 0.1) is 6.42 Å². The first kappa shape index (κ1) is 9.37. The van der Waals surface area contributed by atoms with Gasteiger partial charge < -0.3 is 5.11 Å². The second-order valence-electron chi connectivity index (χ2n) is 2.59. The molecule has 0 radical (unpaired) electrons. The summed E-state index contributed by atoms with van der Waals surface area (Å²) in [4.78, 5) is 21.5. The molecule has 0 aliphatic rings. The van der Waals surface area contributed by atoms with E-state index in [9.17, 15) is 9.59 Å². The van der Waals surface area contributed by atoms with Crippen LogP contribution in [0.25, 0.3) is 0 Å². The molecule has 0 aromatic carbocycles. The molecule has 1 aromatic heterocycles. The minimum absolute atomic E-state index is 0.103. The molecule has 1 aromatic rings. The van der Waals surface area contributed by atoms with Crippen molar-refractivity contribution in [1.82, 2.24) is 14.8 Å². The van der Waals surface area contributed by atoms with Gasteiger partial charge in [0.25, 0.3) is 5.56 Å². The highest BCUT2D eigenvalue weighted by molar-refractivity contribution is 5.66. The summed E-state index contributed by atoms with van der Waals surface area (Å²) in [7, 11) is 1.54. The van der Waals surface area contributed by atoms with Gasteiger partial charge in [0.2, 0.25) is 0 Å². The molecule has 0 saturated carbocycles. The van der Waals surface area contributed by atoms with Gasteiger partial charge in [-0.15, -0.1) is 10.2 Å². The molecule has 0 saturated heterocycles. The Morgan fingerprint density at radius 1 is 1.69 bits per heavy atom. The highest BCUT2D eigenvalue weighted by atomic mass is 16.4. The lowest BCUT2D eigenvalue weighted by atomic mass is 10.2. The zero-order valence-electron chi connectivity index (χ0n) is 7.10. The van der Waals surface area contributed by atoms with Crippen LogP contribution in [0.1, 0.15) is 12.1 Å². The monoisotopic (exact) mass is 183 g/mol. The van der Waals surface area contributed by atoms with Crippen LogP contribution in [0.3, 0.4) is 0 Å². The molecule has 0 unspecified atom stereocenters. The van der Waals surface area contributed by atoms with Crippen LogP contribution in [0.5, 0.6) is 0 Å². The summed E-state index contributed by atoms with van der Waals surface area (Å²) in [5.74, 6) is -0.951. The summed E-state index contributed by atoms with van der Waals surface area (Å²) in [6, 6.07) is 0. The Balaban J connectivity index is 2.84. The van der Waals surface area contributed by atoms with E-state index in [0.717, 1.165) is 0 Å². The Hall–Kier alpha value is -1.72. The number of carbonyl (C=O) groups is 1. The first-order valence-electron chi connectivity index (χ1n) is 3.70. The zero-order chi connectivity index (χ0) is 9.84. The molecule has 1 rings (SSSR count). The number of carboxylic acid groups (broad SMARTS) is 1. The maximum absolute atomic E-state index is 11.2. The van der Waals surface area contributed by atoms with Crippen molar-refractivity contribution in [3.05, 3.63) is 22.4 Å². The van der Waals surface area contributed by atoms with E-state index < -0.39 is 5.97 Å². The molecule has 6 heteroatoms. The molecule has 6 nitrogen and oxygen atoms in total. The molecule has 1 N–H and O–H groups in total. The first-order chi connectivity index (χ1) is 6.11. The fourth-order valence-corrected chi connectivity index (χ4v) is 0.854. The van der Waals surface area contributed by atoms with Crippen molar-refractivity contribution in [3.63, 3.8) is 0 Å². The predicted octanol–water partition coefficient (Wildman–Crippen LogP) is -0.808. The summed E-state index contributed by atoms with van der Waals surface area (Å²) in [6.07, 6.45) is 1.30. The average Bonchev–Trinajstić information content (AvgIpc) is 2.07. The van der Waals surface area contributed by atoms with Crippen molar-refractivity contribution >= 4 is 5.97 Å². The van der Waals surface area contributed by atoms with Crippen molar-refractivity contribution in [2.75, 3.05) is 0 Å². The van der Waals surface area contributed by atoms with Gasteiger partial charge in [-0.2, -0.15) is 0 Å². The average molecular weight is 183 g/mol. The molecule has 1 heterocycles. The summed E-state index contributed by atoms with van der Waals surface area (Å²) >= 11 is 0.